The van der Waals surface area contributed by atoms with Crippen LogP contribution < -0.4 is 0 Å². The van der Waals surface area contributed by atoms with Crippen molar-refractivity contribution >= 4 is 17.5 Å². The molecule has 0 bridgehead atoms. The summed E-state index contributed by atoms with van der Waals surface area (Å²) >= 11 is 0. The average molecular weight is 335 g/mol. The Balaban J connectivity index is 1.24. The molecular formula is C16H21N3O5. The maximum absolute atomic E-state index is 12.7. The molecule has 5 rings (SSSR count). The fourth-order valence-electron chi connectivity index (χ4n) is 4.46. The fraction of sp³-hybridized carbons (Fsp3) is 0.812. The minimum absolute atomic E-state index is 0.0724. The number of ether oxygens (including phenoxy) is 2. The molecule has 1 unspecified atom stereocenters. The molecule has 8 nitrogen and oxygen atoms in total. The van der Waals surface area contributed by atoms with E-state index in [2.05, 4.69) is 5.16 Å². The Morgan fingerprint density at radius 1 is 1.00 bits per heavy atom. The largest absolute Gasteiger partial charge is 0.389 e. The summed E-state index contributed by atoms with van der Waals surface area (Å²) in [6.45, 7) is 4.78. The molecule has 0 spiro atoms. The molecule has 0 aromatic carbocycles. The first-order valence-electron chi connectivity index (χ1n) is 8.71. The highest BCUT2D eigenvalue weighted by atomic mass is 16.6. The molecule has 5 aliphatic rings. The van der Waals surface area contributed by atoms with Gasteiger partial charge in [0.15, 0.2) is 11.8 Å². The van der Waals surface area contributed by atoms with Crippen molar-refractivity contribution < 1.29 is 23.9 Å². The predicted octanol–water partition coefficient (Wildman–Crippen LogP) is -1.05. The van der Waals surface area contributed by atoms with Crippen molar-refractivity contribution in [2.24, 2.45) is 28.8 Å². The van der Waals surface area contributed by atoms with Gasteiger partial charge in [0.05, 0.1) is 38.9 Å². The van der Waals surface area contributed by atoms with Crippen LogP contribution in [0, 0.1) is 23.7 Å². The topological polar surface area (TPSA) is 80.7 Å². The van der Waals surface area contributed by atoms with E-state index in [9.17, 15) is 9.59 Å². The lowest BCUT2D eigenvalue weighted by atomic mass is 10.00. The van der Waals surface area contributed by atoms with E-state index in [1.165, 1.54) is 0 Å². The highest BCUT2D eigenvalue weighted by Gasteiger charge is 2.60. The molecule has 4 heterocycles. The predicted molar refractivity (Wildman–Crippen MR) is 81.1 cm³/mol. The number of likely N-dealkylation sites (tertiary alicyclic amines) is 1. The molecule has 24 heavy (non-hydrogen) atoms. The van der Waals surface area contributed by atoms with Crippen LogP contribution in [0.5, 0.6) is 0 Å². The Morgan fingerprint density at radius 3 is 2.50 bits per heavy atom. The van der Waals surface area contributed by atoms with E-state index in [-0.39, 0.29) is 29.8 Å². The minimum atomic E-state index is -0.177. The van der Waals surface area contributed by atoms with Gasteiger partial charge in [-0.3, -0.25) is 9.59 Å². The Bertz CT molecular complexity index is 593. The van der Waals surface area contributed by atoms with E-state index in [1.54, 1.807) is 4.90 Å². The van der Waals surface area contributed by atoms with Crippen molar-refractivity contribution in [3.8, 4) is 0 Å². The van der Waals surface area contributed by atoms with Gasteiger partial charge in [0.1, 0.15) is 0 Å². The number of oxime groups is 1. The van der Waals surface area contributed by atoms with E-state index in [1.807, 2.05) is 4.90 Å². The summed E-state index contributed by atoms with van der Waals surface area (Å²) in [7, 11) is 0. The Hall–Kier alpha value is -1.67. The molecule has 2 amide bonds. The maximum Gasteiger partial charge on any atom is 0.272 e. The zero-order valence-electron chi connectivity index (χ0n) is 13.4. The van der Waals surface area contributed by atoms with Crippen molar-refractivity contribution in [3.05, 3.63) is 0 Å². The summed E-state index contributed by atoms with van der Waals surface area (Å²) in [6, 6.07) is 0. The van der Waals surface area contributed by atoms with Crippen molar-refractivity contribution in [1.29, 1.82) is 0 Å². The number of morpholine rings is 1. The Kier molecular flexibility index (Phi) is 3.31. The van der Waals surface area contributed by atoms with Crippen LogP contribution in [-0.4, -0.2) is 86.0 Å². The second kappa shape index (κ2) is 5.42. The number of fused-ring (bicyclic) bond motifs is 2. The van der Waals surface area contributed by atoms with Crippen LogP contribution in [0.15, 0.2) is 5.16 Å². The lowest BCUT2D eigenvalue weighted by Gasteiger charge is -2.27. The highest BCUT2D eigenvalue weighted by Crippen LogP contribution is 2.52. The standard InChI is InChI=1S/C16H21N3O5/c20-15(13-10-7-23-8-11(10)13)19-5-9-12(6-19)24-17-14(9)16(21)18-1-3-22-4-2-18/h9-13H,1-8H2/t9-,10-,11+,12+,13?/m0/s1. The van der Waals surface area contributed by atoms with E-state index >= 15 is 0 Å². The summed E-state index contributed by atoms with van der Waals surface area (Å²) in [4.78, 5) is 34.5. The van der Waals surface area contributed by atoms with Gasteiger partial charge < -0.3 is 24.1 Å². The van der Waals surface area contributed by atoms with Crippen molar-refractivity contribution in [3.63, 3.8) is 0 Å². The van der Waals surface area contributed by atoms with Gasteiger partial charge in [-0.25, -0.2) is 0 Å². The number of carbonyl (C=O) groups is 2. The maximum atomic E-state index is 12.7. The second-order valence-corrected chi connectivity index (χ2v) is 7.27. The van der Waals surface area contributed by atoms with Crippen LogP contribution in [-0.2, 0) is 23.9 Å². The van der Waals surface area contributed by atoms with Crippen LogP contribution in [0.2, 0.25) is 0 Å². The molecule has 0 N–H and O–H groups in total. The summed E-state index contributed by atoms with van der Waals surface area (Å²) < 4.78 is 10.7. The van der Waals surface area contributed by atoms with Crippen molar-refractivity contribution in [2.75, 3.05) is 52.6 Å². The van der Waals surface area contributed by atoms with Crippen LogP contribution >= 0.6 is 0 Å². The van der Waals surface area contributed by atoms with E-state index in [0.29, 0.717) is 70.2 Å². The molecular weight excluding hydrogens is 314 g/mol. The van der Waals surface area contributed by atoms with Gasteiger partial charge >= 0.3 is 0 Å². The van der Waals surface area contributed by atoms with Crippen molar-refractivity contribution in [2.45, 2.75) is 6.10 Å². The lowest BCUT2D eigenvalue weighted by Crippen LogP contribution is -2.46. The highest BCUT2D eigenvalue weighted by molar-refractivity contribution is 6.40. The first-order chi connectivity index (χ1) is 11.7. The lowest BCUT2D eigenvalue weighted by molar-refractivity contribution is -0.133. The fourth-order valence-corrected chi connectivity index (χ4v) is 4.46. The molecule has 1 saturated carbocycles. The van der Waals surface area contributed by atoms with Gasteiger partial charge in [-0.1, -0.05) is 5.16 Å². The molecule has 4 aliphatic heterocycles. The number of amides is 2. The molecule has 1 aliphatic carbocycles. The Morgan fingerprint density at radius 2 is 1.75 bits per heavy atom. The van der Waals surface area contributed by atoms with Crippen molar-refractivity contribution in [1.82, 2.24) is 9.80 Å². The first kappa shape index (κ1) is 14.7. The van der Waals surface area contributed by atoms with Crippen LogP contribution in [0.3, 0.4) is 0 Å². The summed E-state index contributed by atoms with van der Waals surface area (Å²) in [5.74, 6) is 0.956. The zero-order valence-corrected chi connectivity index (χ0v) is 13.4. The molecule has 0 radical (unpaired) electrons. The van der Waals surface area contributed by atoms with Gasteiger partial charge in [0.2, 0.25) is 5.91 Å². The number of nitrogens with zero attached hydrogens (tertiary/aromatic N) is 3. The van der Waals surface area contributed by atoms with Crippen LogP contribution in [0.25, 0.3) is 0 Å². The molecule has 0 aromatic heterocycles. The average Bonchev–Trinajstić information content (AvgIpc) is 3.02. The van der Waals surface area contributed by atoms with Crippen LogP contribution in [0.1, 0.15) is 0 Å². The number of hydrogen-bond acceptors (Lipinski definition) is 6. The van der Waals surface area contributed by atoms with Gasteiger partial charge in [-0.2, -0.15) is 0 Å². The van der Waals surface area contributed by atoms with Crippen LogP contribution in [0.4, 0.5) is 0 Å². The third-order valence-corrected chi connectivity index (χ3v) is 5.97. The number of rotatable bonds is 2. The Labute approximate surface area is 139 Å². The molecule has 5 atom stereocenters. The normalized spacial score (nSPS) is 40.0. The summed E-state index contributed by atoms with van der Waals surface area (Å²) in [5.41, 5.74) is 0.469. The van der Waals surface area contributed by atoms with Gasteiger partial charge in [-0.05, 0) is 11.8 Å². The minimum Gasteiger partial charge on any atom is -0.389 e. The molecule has 3 saturated heterocycles. The van der Waals surface area contributed by atoms with Gasteiger partial charge in [0.25, 0.3) is 5.91 Å². The third-order valence-electron chi connectivity index (χ3n) is 5.97. The third kappa shape index (κ3) is 2.16. The molecule has 8 heteroatoms. The van der Waals surface area contributed by atoms with Gasteiger partial charge in [0, 0.05) is 25.6 Å². The number of carbonyl (C=O) groups excluding carboxylic acids is 2. The second-order valence-electron chi connectivity index (χ2n) is 7.27. The number of hydrogen-bond donors (Lipinski definition) is 0. The van der Waals surface area contributed by atoms with E-state index < -0.39 is 0 Å². The molecule has 0 aromatic rings. The van der Waals surface area contributed by atoms with E-state index in [4.69, 9.17) is 14.3 Å². The molecule has 4 fully saturated rings. The smallest absolute Gasteiger partial charge is 0.272 e. The monoisotopic (exact) mass is 335 g/mol. The zero-order chi connectivity index (χ0) is 16.3. The van der Waals surface area contributed by atoms with E-state index in [0.717, 1.165) is 0 Å². The summed E-state index contributed by atoms with van der Waals surface area (Å²) in [5, 5.41) is 4.03. The molecule has 130 valence electrons. The first-order valence-corrected chi connectivity index (χ1v) is 8.71. The summed E-state index contributed by atoms with van der Waals surface area (Å²) in [6.07, 6.45) is -0.177. The van der Waals surface area contributed by atoms with Gasteiger partial charge in [-0.15, -0.1) is 0 Å². The SMILES string of the molecule is O=C(C1=NO[C@@H]2CN(C(=O)C3[C@H]4COC[C@@H]34)C[C@H]12)N1CCOCC1. The quantitative estimate of drug-likeness (QED) is 0.643.